The van der Waals surface area contributed by atoms with Gasteiger partial charge in [-0.25, -0.2) is 0 Å². The highest BCUT2D eigenvalue weighted by atomic mass is 16.5. The summed E-state index contributed by atoms with van der Waals surface area (Å²) in [5.74, 6) is -0.776. The lowest BCUT2D eigenvalue weighted by Gasteiger charge is -2.16. The molecule has 0 spiro atoms. The van der Waals surface area contributed by atoms with Crippen molar-refractivity contribution < 1.29 is 19.4 Å². The van der Waals surface area contributed by atoms with Gasteiger partial charge in [0, 0.05) is 13.0 Å². The van der Waals surface area contributed by atoms with Gasteiger partial charge in [-0.1, -0.05) is 26.0 Å². The van der Waals surface area contributed by atoms with Crippen LogP contribution in [0.1, 0.15) is 25.8 Å². The Labute approximate surface area is 125 Å². The molecule has 0 bridgehead atoms. The average molecular weight is 293 g/mol. The Morgan fingerprint density at radius 2 is 1.86 bits per heavy atom. The SMILES string of the molecule is COc1ccc(CCC(=O)NCC(C(=O)O)C(C)C)cc1. The second-order valence-corrected chi connectivity index (χ2v) is 5.34. The van der Waals surface area contributed by atoms with Gasteiger partial charge >= 0.3 is 5.97 Å². The van der Waals surface area contributed by atoms with Gasteiger partial charge in [0.25, 0.3) is 0 Å². The maximum Gasteiger partial charge on any atom is 0.308 e. The van der Waals surface area contributed by atoms with Crippen molar-refractivity contribution in [3.63, 3.8) is 0 Å². The second-order valence-electron chi connectivity index (χ2n) is 5.34. The average Bonchev–Trinajstić information content (AvgIpc) is 2.45. The molecule has 0 aliphatic carbocycles. The van der Waals surface area contributed by atoms with Crippen molar-refractivity contribution in [1.82, 2.24) is 5.32 Å². The lowest BCUT2D eigenvalue weighted by Crippen LogP contribution is -2.35. The molecule has 1 atom stereocenters. The Balaban J connectivity index is 2.38. The van der Waals surface area contributed by atoms with Gasteiger partial charge in [-0.05, 0) is 30.0 Å². The number of rotatable bonds is 8. The van der Waals surface area contributed by atoms with Crippen LogP contribution in [0.4, 0.5) is 0 Å². The molecular formula is C16H23NO4. The molecule has 0 radical (unpaired) electrons. The van der Waals surface area contributed by atoms with Crippen LogP contribution in [0.2, 0.25) is 0 Å². The van der Waals surface area contributed by atoms with Gasteiger partial charge in [0.15, 0.2) is 0 Å². The summed E-state index contributed by atoms with van der Waals surface area (Å²) in [6, 6.07) is 7.54. The molecule has 1 amide bonds. The number of hydrogen-bond donors (Lipinski definition) is 2. The summed E-state index contributed by atoms with van der Waals surface area (Å²) in [5, 5.41) is 11.7. The van der Waals surface area contributed by atoms with Crippen LogP contribution in [0.3, 0.4) is 0 Å². The summed E-state index contributed by atoms with van der Waals surface area (Å²) in [6.07, 6.45) is 0.964. The van der Waals surface area contributed by atoms with Gasteiger partial charge < -0.3 is 15.2 Å². The summed E-state index contributed by atoms with van der Waals surface area (Å²) in [4.78, 5) is 22.8. The molecule has 0 aliphatic heterocycles. The molecule has 5 heteroatoms. The fraction of sp³-hybridized carbons (Fsp3) is 0.500. The number of amides is 1. The van der Waals surface area contributed by atoms with E-state index in [1.165, 1.54) is 0 Å². The first-order valence-electron chi connectivity index (χ1n) is 7.06. The number of carbonyl (C=O) groups is 2. The minimum atomic E-state index is -0.875. The quantitative estimate of drug-likeness (QED) is 0.769. The van der Waals surface area contributed by atoms with Crippen LogP contribution in [0.5, 0.6) is 5.75 Å². The van der Waals surface area contributed by atoms with Crippen LogP contribution in [0, 0.1) is 11.8 Å². The monoisotopic (exact) mass is 293 g/mol. The summed E-state index contributed by atoms with van der Waals surface area (Å²) in [7, 11) is 1.61. The molecule has 0 aliphatic rings. The van der Waals surface area contributed by atoms with E-state index >= 15 is 0 Å². The van der Waals surface area contributed by atoms with Crippen molar-refractivity contribution >= 4 is 11.9 Å². The third-order valence-electron chi connectivity index (χ3n) is 3.44. The van der Waals surface area contributed by atoms with E-state index in [-0.39, 0.29) is 18.4 Å². The first kappa shape index (κ1) is 17.0. The third-order valence-corrected chi connectivity index (χ3v) is 3.44. The van der Waals surface area contributed by atoms with Crippen LogP contribution in [0.25, 0.3) is 0 Å². The number of nitrogens with one attached hydrogen (secondary N) is 1. The predicted octanol–water partition coefficient (Wildman–Crippen LogP) is 2.10. The lowest BCUT2D eigenvalue weighted by molar-refractivity contribution is -0.143. The topological polar surface area (TPSA) is 75.6 Å². The minimum absolute atomic E-state index is 0.00983. The minimum Gasteiger partial charge on any atom is -0.497 e. The Morgan fingerprint density at radius 3 is 2.33 bits per heavy atom. The Bertz CT molecular complexity index is 468. The molecular weight excluding hydrogens is 270 g/mol. The zero-order valence-corrected chi connectivity index (χ0v) is 12.8. The van der Waals surface area contributed by atoms with Crippen molar-refractivity contribution in [3.05, 3.63) is 29.8 Å². The van der Waals surface area contributed by atoms with Gasteiger partial charge in [-0.2, -0.15) is 0 Å². The molecule has 0 fully saturated rings. The number of carboxylic acids is 1. The summed E-state index contributed by atoms with van der Waals surface area (Å²) < 4.78 is 5.07. The van der Waals surface area contributed by atoms with Crippen LogP contribution in [-0.2, 0) is 16.0 Å². The van der Waals surface area contributed by atoms with Gasteiger partial charge in [-0.3, -0.25) is 9.59 Å². The highest BCUT2D eigenvalue weighted by Gasteiger charge is 2.21. The molecule has 116 valence electrons. The summed E-state index contributed by atoms with van der Waals surface area (Å²) in [6.45, 7) is 3.85. The lowest BCUT2D eigenvalue weighted by atomic mass is 9.96. The van der Waals surface area contributed by atoms with Crippen molar-refractivity contribution in [2.24, 2.45) is 11.8 Å². The number of carbonyl (C=O) groups excluding carboxylic acids is 1. The number of hydrogen-bond acceptors (Lipinski definition) is 3. The molecule has 0 aromatic heterocycles. The molecule has 0 saturated carbocycles. The molecule has 0 saturated heterocycles. The fourth-order valence-electron chi connectivity index (χ4n) is 1.97. The predicted molar refractivity (Wildman–Crippen MR) is 80.3 cm³/mol. The highest BCUT2D eigenvalue weighted by molar-refractivity contribution is 5.77. The summed E-state index contributed by atoms with van der Waals surface area (Å²) >= 11 is 0. The van der Waals surface area contributed by atoms with E-state index in [2.05, 4.69) is 5.32 Å². The van der Waals surface area contributed by atoms with E-state index in [9.17, 15) is 9.59 Å². The maximum absolute atomic E-state index is 11.8. The van der Waals surface area contributed by atoms with Crippen LogP contribution >= 0.6 is 0 Å². The van der Waals surface area contributed by atoms with Gasteiger partial charge in [-0.15, -0.1) is 0 Å². The second kappa shape index (κ2) is 8.29. The van der Waals surface area contributed by atoms with E-state index in [0.717, 1.165) is 11.3 Å². The third kappa shape index (κ3) is 5.85. The zero-order chi connectivity index (χ0) is 15.8. The number of ether oxygens (including phenoxy) is 1. The molecule has 1 aromatic carbocycles. The van der Waals surface area contributed by atoms with E-state index < -0.39 is 11.9 Å². The fourth-order valence-corrected chi connectivity index (χ4v) is 1.97. The maximum atomic E-state index is 11.8. The van der Waals surface area contributed by atoms with Crippen LogP contribution in [-0.4, -0.2) is 30.6 Å². The molecule has 21 heavy (non-hydrogen) atoms. The van der Waals surface area contributed by atoms with Gasteiger partial charge in [0.2, 0.25) is 5.91 Å². The number of methoxy groups -OCH3 is 1. The highest BCUT2D eigenvalue weighted by Crippen LogP contribution is 2.13. The molecule has 1 aromatic rings. The Hall–Kier alpha value is -2.04. The smallest absolute Gasteiger partial charge is 0.308 e. The van der Waals surface area contributed by atoms with Crippen LogP contribution in [0.15, 0.2) is 24.3 Å². The number of aryl methyl sites for hydroxylation is 1. The van der Waals surface area contributed by atoms with Gasteiger partial charge in [0.05, 0.1) is 13.0 Å². The Morgan fingerprint density at radius 1 is 1.24 bits per heavy atom. The Kier molecular flexibility index (Phi) is 6.72. The van der Waals surface area contributed by atoms with E-state index in [0.29, 0.717) is 12.8 Å². The van der Waals surface area contributed by atoms with Crippen molar-refractivity contribution in [3.8, 4) is 5.75 Å². The molecule has 5 nitrogen and oxygen atoms in total. The van der Waals surface area contributed by atoms with E-state index in [1.54, 1.807) is 7.11 Å². The first-order chi connectivity index (χ1) is 9.93. The molecule has 0 heterocycles. The van der Waals surface area contributed by atoms with E-state index in [1.807, 2.05) is 38.1 Å². The van der Waals surface area contributed by atoms with Gasteiger partial charge in [0.1, 0.15) is 5.75 Å². The standard InChI is InChI=1S/C16H23NO4/c1-11(2)14(16(19)20)10-17-15(18)9-6-12-4-7-13(21-3)8-5-12/h4-5,7-8,11,14H,6,9-10H2,1-3H3,(H,17,18)(H,19,20). The molecule has 1 rings (SSSR count). The summed E-state index contributed by atoms with van der Waals surface area (Å²) in [5.41, 5.74) is 1.05. The van der Waals surface area contributed by atoms with Crippen molar-refractivity contribution in [2.45, 2.75) is 26.7 Å². The number of aliphatic carboxylic acids is 1. The van der Waals surface area contributed by atoms with Crippen LogP contribution < -0.4 is 10.1 Å². The molecule has 2 N–H and O–H groups in total. The van der Waals surface area contributed by atoms with Crippen molar-refractivity contribution in [2.75, 3.05) is 13.7 Å². The zero-order valence-electron chi connectivity index (χ0n) is 12.8. The normalized spacial score (nSPS) is 12.0. The molecule has 1 unspecified atom stereocenters. The first-order valence-corrected chi connectivity index (χ1v) is 7.06. The number of benzene rings is 1. The van der Waals surface area contributed by atoms with E-state index in [4.69, 9.17) is 9.84 Å². The number of carboxylic acid groups (broad SMARTS) is 1. The largest absolute Gasteiger partial charge is 0.497 e. The van der Waals surface area contributed by atoms with Crippen molar-refractivity contribution in [1.29, 1.82) is 0 Å².